The number of thiophene rings is 1. The van der Waals surface area contributed by atoms with E-state index >= 15 is 0 Å². The van der Waals surface area contributed by atoms with Crippen molar-refractivity contribution in [3.63, 3.8) is 0 Å². The fourth-order valence-electron chi connectivity index (χ4n) is 4.56. The highest BCUT2D eigenvalue weighted by Crippen LogP contribution is 2.47. The maximum absolute atomic E-state index is 9.76. The van der Waals surface area contributed by atoms with E-state index in [0.29, 0.717) is 0 Å². The molecule has 3 aromatic carbocycles. The number of hydrogen-bond donors (Lipinski definition) is 1. The average molecular weight is 445 g/mol. The number of ether oxygens (including phenoxy) is 1. The summed E-state index contributed by atoms with van der Waals surface area (Å²) in [5, 5.41) is 11.0. The number of phenols is 1. The molecular weight excluding hydrogens is 416 g/mol. The summed E-state index contributed by atoms with van der Waals surface area (Å²) in [4.78, 5) is 5.94. The van der Waals surface area contributed by atoms with Gasteiger partial charge in [-0.25, -0.2) is 0 Å². The highest BCUT2D eigenvalue weighted by atomic mass is 32.1. The monoisotopic (exact) mass is 444 g/mol. The van der Waals surface area contributed by atoms with Crippen LogP contribution in [0.15, 0.2) is 66.7 Å². The Hall–Kier alpha value is -3.02. The van der Waals surface area contributed by atoms with Crippen LogP contribution in [0.1, 0.15) is 18.4 Å². The number of rotatable bonds is 6. The van der Waals surface area contributed by atoms with Gasteiger partial charge in [0.2, 0.25) is 0 Å². The van der Waals surface area contributed by atoms with Crippen LogP contribution in [0, 0.1) is 0 Å². The topological polar surface area (TPSA) is 35.9 Å². The van der Waals surface area contributed by atoms with Gasteiger partial charge in [0.15, 0.2) is 0 Å². The lowest BCUT2D eigenvalue weighted by Crippen LogP contribution is -2.19. The van der Waals surface area contributed by atoms with Crippen molar-refractivity contribution >= 4 is 32.8 Å². The molecule has 0 amide bonds. The molecule has 0 atom stereocenters. The number of nitrogens with zero attached hydrogens (tertiary/aromatic N) is 2. The molecule has 1 N–H and O–H groups in total. The summed E-state index contributed by atoms with van der Waals surface area (Å²) in [7, 11) is 3.88. The third kappa shape index (κ3) is 3.94. The zero-order chi connectivity index (χ0) is 22.1. The molecule has 1 fully saturated rings. The van der Waals surface area contributed by atoms with E-state index in [1.165, 1.54) is 52.1 Å². The lowest BCUT2D eigenvalue weighted by Gasteiger charge is -2.23. The van der Waals surface area contributed by atoms with Crippen molar-refractivity contribution in [1.29, 1.82) is 0 Å². The first-order valence-corrected chi connectivity index (χ1v) is 11.9. The van der Waals surface area contributed by atoms with Crippen LogP contribution in [-0.2, 0) is 6.54 Å². The van der Waals surface area contributed by atoms with Crippen molar-refractivity contribution in [3.8, 4) is 21.9 Å². The fourth-order valence-corrected chi connectivity index (χ4v) is 5.80. The van der Waals surface area contributed by atoms with E-state index in [2.05, 4.69) is 59.3 Å². The van der Waals surface area contributed by atoms with Crippen LogP contribution < -0.4 is 9.64 Å². The first-order chi connectivity index (χ1) is 15.6. The summed E-state index contributed by atoms with van der Waals surface area (Å²) >= 11 is 1.78. The van der Waals surface area contributed by atoms with Gasteiger partial charge in [-0.05, 0) is 67.9 Å². The molecule has 0 unspecified atom stereocenters. The number of phenolic OH excluding ortho intramolecular Hbond substituents is 1. The number of anilines is 2. The maximum Gasteiger partial charge on any atom is 0.125 e. The number of likely N-dealkylation sites (tertiary alicyclic amines) is 1. The standard InChI is InChI=1S/C27H28N2O2S/c1-28(21-12-9-20(24(17-21)31-2)18-29-15-5-6-16-29)26-23-7-3-4-8-25(23)32-27(26)19-10-13-22(30)14-11-19/h3-4,7-14,17,30H,5-6,15-16,18H2,1-2H3. The minimum atomic E-state index is 0.281. The molecule has 5 rings (SSSR count). The lowest BCUT2D eigenvalue weighted by atomic mass is 10.1. The molecule has 0 spiro atoms. The molecule has 0 radical (unpaired) electrons. The third-order valence-corrected chi connectivity index (χ3v) is 7.49. The van der Waals surface area contributed by atoms with E-state index in [0.717, 1.165) is 23.5 Å². The molecule has 0 saturated carbocycles. The summed E-state index contributed by atoms with van der Waals surface area (Å²) in [6, 6.07) is 22.5. The Labute approximate surface area is 193 Å². The van der Waals surface area contributed by atoms with Gasteiger partial charge in [-0.2, -0.15) is 0 Å². The van der Waals surface area contributed by atoms with Crippen LogP contribution in [0.3, 0.4) is 0 Å². The molecule has 4 nitrogen and oxygen atoms in total. The first-order valence-electron chi connectivity index (χ1n) is 11.1. The van der Waals surface area contributed by atoms with Gasteiger partial charge < -0.3 is 14.7 Å². The molecule has 0 bridgehead atoms. The van der Waals surface area contributed by atoms with E-state index in [4.69, 9.17) is 4.74 Å². The second kappa shape index (κ2) is 8.85. The maximum atomic E-state index is 9.76. The highest BCUT2D eigenvalue weighted by molar-refractivity contribution is 7.23. The van der Waals surface area contributed by atoms with Crippen LogP contribution in [0.25, 0.3) is 20.5 Å². The van der Waals surface area contributed by atoms with Gasteiger partial charge in [0.25, 0.3) is 0 Å². The number of fused-ring (bicyclic) bond motifs is 1. The number of benzene rings is 3. The molecular formula is C27H28N2O2S. The molecule has 1 aliphatic heterocycles. The van der Waals surface area contributed by atoms with Crippen molar-refractivity contribution in [1.82, 2.24) is 4.90 Å². The van der Waals surface area contributed by atoms with Crippen LogP contribution >= 0.6 is 11.3 Å². The first kappa shape index (κ1) is 20.9. The zero-order valence-corrected chi connectivity index (χ0v) is 19.4. The van der Waals surface area contributed by atoms with Crippen LogP contribution in [0.4, 0.5) is 11.4 Å². The largest absolute Gasteiger partial charge is 0.508 e. The number of aromatic hydroxyl groups is 1. The Kier molecular flexibility index (Phi) is 5.77. The summed E-state index contributed by atoms with van der Waals surface area (Å²) in [6.07, 6.45) is 2.57. The molecule has 1 aromatic heterocycles. The van der Waals surface area contributed by atoms with E-state index in [-0.39, 0.29) is 5.75 Å². The summed E-state index contributed by atoms with van der Waals surface area (Å²) < 4.78 is 7.05. The molecule has 1 aliphatic rings. The van der Waals surface area contributed by atoms with E-state index in [9.17, 15) is 5.11 Å². The minimum Gasteiger partial charge on any atom is -0.508 e. The number of hydrogen-bond acceptors (Lipinski definition) is 5. The van der Waals surface area contributed by atoms with Gasteiger partial charge in [-0.15, -0.1) is 11.3 Å². The Balaban J connectivity index is 1.56. The molecule has 5 heteroatoms. The second-order valence-corrected chi connectivity index (χ2v) is 9.41. The van der Waals surface area contributed by atoms with Crippen molar-refractivity contribution < 1.29 is 9.84 Å². The van der Waals surface area contributed by atoms with Crippen LogP contribution in [0.5, 0.6) is 11.5 Å². The predicted molar refractivity (Wildman–Crippen MR) is 134 cm³/mol. The van der Waals surface area contributed by atoms with E-state index in [1.807, 2.05) is 12.1 Å². The molecule has 164 valence electrons. The van der Waals surface area contributed by atoms with Crippen LogP contribution in [0.2, 0.25) is 0 Å². The van der Waals surface area contributed by atoms with Gasteiger partial charge >= 0.3 is 0 Å². The Morgan fingerprint density at radius 3 is 2.50 bits per heavy atom. The second-order valence-electron chi connectivity index (χ2n) is 8.36. The van der Waals surface area contributed by atoms with Gasteiger partial charge in [0, 0.05) is 41.0 Å². The molecule has 32 heavy (non-hydrogen) atoms. The van der Waals surface area contributed by atoms with Crippen molar-refractivity contribution in [2.24, 2.45) is 0 Å². The van der Waals surface area contributed by atoms with Gasteiger partial charge in [-0.3, -0.25) is 4.90 Å². The van der Waals surface area contributed by atoms with Gasteiger partial charge in [-0.1, -0.05) is 24.3 Å². The van der Waals surface area contributed by atoms with Crippen molar-refractivity contribution in [2.75, 3.05) is 32.1 Å². The smallest absolute Gasteiger partial charge is 0.125 e. The summed E-state index contributed by atoms with van der Waals surface area (Å²) in [5.41, 5.74) is 4.60. The van der Waals surface area contributed by atoms with E-state index in [1.54, 1.807) is 30.6 Å². The number of methoxy groups -OCH3 is 1. The van der Waals surface area contributed by atoms with Crippen molar-refractivity contribution in [2.45, 2.75) is 19.4 Å². The highest BCUT2D eigenvalue weighted by Gasteiger charge is 2.20. The van der Waals surface area contributed by atoms with Crippen molar-refractivity contribution in [3.05, 3.63) is 72.3 Å². The minimum absolute atomic E-state index is 0.281. The lowest BCUT2D eigenvalue weighted by molar-refractivity contribution is 0.321. The quantitative estimate of drug-likeness (QED) is 0.361. The average Bonchev–Trinajstić information content (AvgIpc) is 3.47. The van der Waals surface area contributed by atoms with Gasteiger partial charge in [0.05, 0.1) is 17.7 Å². The van der Waals surface area contributed by atoms with Gasteiger partial charge in [0.1, 0.15) is 11.5 Å². The Morgan fingerprint density at radius 1 is 1.00 bits per heavy atom. The summed E-state index contributed by atoms with van der Waals surface area (Å²) in [5.74, 6) is 1.22. The molecule has 2 heterocycles. The molecule has 0 aliphatic carbocycles. The third-order valence-electron chi connectivity index (χ3n) is 6.28. The fraction of sp³-hybridized carbons (Fsp3) is 0.259. The zero-order valence-electron chi connectivity index (χ0n) is 18.5. The SMILES string of the molecule is COc1cc(N(C)c2c(-c3ccc(O)cc3)sc3ccccc23)ccc1CN1CCCC1. The van der Waals surface area contributed by atoms with Crippen LogP contribution in [-0.4, -0.2) is 37.3 Å². The Bertz CT molecular complexity index is 1230. The summed E-state index contributed by atoms with van der Waals surface area (Å²) in [6.45, 7) is 3.27. The van der Waals surface area contributed by atoms with E-state index < -0.39 is 0 Å². The predicted octanol–water partition coefficient (Wildman–Crippen LogP) is 6.65. The molecule has 4 aromatic rings. The molecule has 1 saturated heterocycles. The Morgan fingerprint density at radius 2 is 1.75 bits per heavy atom. The normalized spacial score (nSPS) is 14.2.